The number of nitrogens with one attached hydrogen (secondary N) is 1. The number of hydrogen-bond donors (Lipinski definition) is 1. The van der Waals surface area contributed by atoms with Crippen molar-refractivity contribution >= 4 is 0 Å². The molecule has 1 unspecified atom stereocenters. The molecule has 2 aromatic carbocycles. The van der Waals surface area contributed by atoms with Crippen molar-refractivity contribution in [3.05, 3.63) is 59.2 Å². The first-order valence-electron chi connectivity index (χ1n) is 6.44. The van der Waals surface area contributed by atoms with Crippen molar-refractivity contribution in [2.75, 3.05) is 21.3 Å². The van der Waals surface area contributed by atoms with Gasteiger partial charge >= 0.3 is 0 Å². The van der Waals surface area contributed by atoms with Gasteiger partial charge in [-0.05, 0) is 30.8 Å². The minimum Gasteiger partial charge on any atom is -0.497 e. The topological polar surface area (TPSA) is 30.5 Å². The Kier molecular flexibility index (Phi) is 4.75. The molecule has 0 saturated heterocycles. The van der Waals surface area contributed by atoms with E-state index in [0.29, 0.717) is 16.9 Å². The summed E-state index contributed by atoms with van der Waals surface area (Å²) < 4.78 is 37.6. The highest BCUT2D eigenvalue weighted by molar-refractivity contribution is 5.40. The quantitative estimate of drug-likeness (QED) is 0.917. The van der Waals surface area contributed by atoms with Gasteiger partial charge in [-0.1, -0.05) is 12.1 Å². The minimum atomic E-state index is -0.452. The zero-order chi connectivity index (χ0) is 15.4. The zero-order valence-electron chi connectivity index (χ0n) is 12.1. The van der Waals surface area contributed by atoms with Crippen molar-refractivity contribution < 1.29 is 18.3 Å². The summed E-state index contributed by atoms with van der Waals surface area (Å²) in [5.41, 5.74) is 1.16. The van der Waals surface area contributed by atoms with Crippen molar-refractivity contribution in [3.8, 4) is 11.5 Å². The third-order valence-electron chi connectivity index (χ3n) is 3.32. The third-order valence-corrected chi connectivity index (χ3v) is 3.32. The van der Waals surface area contributed by atoms with E-state index in [0.717, 1.165) is 0 Å². The molecule has 5 heteroatoms. The Balaban J connectivity index is 2.44. The van der Waals surface area contributed by atoms with Crippen molar-refractivity contribution in [2.24, 2.45) is 0 Å². The molecule has 0 aliphatic heterocycles. The molecule has 0 bridgehead atoms. The van der Waals surface area contributed by atoms with Crippen LogP contribution in [0.25, 0.3) is 0 Å². The molecule has 0 amide bonds. The summed E-state index contributed by atoms with van der Waals surface area (Å²) in [5, 5.41) is 3.02. The summed E-state index contributed by atoms with van der Waals surface area (Å²) in [6.45, 7) is 0. The van der Waals surface area contributed by atoms with E-state index in [1.807, 2.05) is 0 Å². The molecule has 112 valence electrons. The van der Waals surface area contributed by atoms with Gasteiger partial charge in [0.2, 0.25) is 0 Å². The summed E-state index contributed by atoms with van der Waals surface area (Å²) in [7, 11) is 4.59. The molecule has 0 saturated carbocycles. The van der Waals surface area contributed by atoms with Gasteiger partial charge in [-0.3, -0.25) is 0 Å². The molecule has 0 aromatic heterocycles. The summed E-state index contributed by atoms with van der Waals surface area (Å²) in [5.74, 6) is -0.271. The first-order valence-corrected chi connectivity index (χ1v) is 6.44. The molecular weight excluding hydrogens is 276 g/mol. The summed E-state index contributed by atoms with van der Waals surface area (Å²) in [4.78, 5) is 0. The van der Waals surface area contributed by atoms with Crippen molar-refractivity contribution in [1.29, 1.82) is 0 Å². The normalized spacial score (nSPS) is 12.0. The van der Waals surface area contributed by atoms with Gasteiger partial charge in [-0.15, -0.1) is 0 Å². The second-order valence-electron chi connectivity index (χ2n) is 4.50. The van der Waals surface area contributed by atoms with Gasteiger partial charge in [0.25, 0.3) is 0 Å². The largest absolute Gasteiger partial charge is 0.497 e. The molecular formula is C16H17F2NO2. The number of methoxy groups -OCH3 is 2. The molecule has 0 fully saturated rings. The molecule has 0 spiro atoms. The number of rotatable bonds is 5. The van der Waals surface area contributed by atoms with Crippen LogP contribution in [-0.2, 0) is 0 Å². The predicted octanol–water partition coefficient (Wildman–Crippen LogP) is 3.29. The number of halogens is 2. The fraction of sp³-hybridized carbons (Fsp3) is 0.250. The van der Waals surface area contributed by atoms with E-state index >= 15 is 0 Å². The predicted molar refractivity (Wildman–Crippen MR) is 76.8 cm³/mol. The summed E-state index contributed by atoms with van der Waals surface area (Å²) >= 11 is 0. The lowest BCUT2D eigenvalue weighted by Gasteiger charge is -2.19. The fourth-order valence-corrected chi connectivity index (χ4v) is 2.23. The molecule has 21 heavy (non-hydrogen) atoms. The summed E-state index contributed by atoms with van der Waals surface area (Å²) in [6.07, 6.45) is 0. The number of ether oxygens (including phenoxy) is 2. The molecule has 2 rings (SSSR count). The van der Waals surface area contributed by atoms with Crippen LogP contribution in [0.3, 0.4) is 0 Å². The lowest BCUT2D eigenvalue weighted by Crippen LogP contribution is -2.19. The van der Waals surface area contributed by atoms with E-state index in [9.17, 15) is 8.78 Å². The van der Waals surface area contributed by atoms with E-state index in [2.05, 4.69) is 5.32 Å². The monoisotopic (exact) mass is 293 g/mol. The maximum absolute atomic E-state index is 14.2. The number of benzene rings is 2. The Bertz CT molecular complexity index is 632. The highest BCUT2D eigenvalue weighted by Gasteiger charge is 2.18. The van der Waals surface area contributed by atoms with Gasteiger partial charge in [0, 0.05) is 11.6 Å². The minimum absolute atomic E-state index is 0.127. The zero-order valence-corrected chi connectivity index (χ0v) is 12.1. The second-order valence-corrected chi connectivity index (χ2v) is 4.50. The van der Waals surface area contributed by atoms with Crippen molar-refractivity contribution in [2.45, 2.75) is 6.04 Å². The van der Waals surface area contributed by atoms with E-state index < -0.39 is 17.7 Å². The van der Waals surface area contributed by atoms with E-state index in [1.54, 1.807) is 31.3 Å². The molecule has 1 atom stereocenters. The van der Waals surface area contributed by atoms with E-state index in [1.165, 1.54) is 26.4 Å². The lowest BCUT2D eigenvalue weighted by molar-refractivity contribution is 0.385. The molecule has 1 N–H and O–H groups in total. The molecule has 0 radical (unpaired) electrons. The van der Waals surface area contributed by atoms with Gasteiger partial charge in [0.1, 0.15) is 11.6 Å². The van der Waals surface area contributed by atoms with Crippen LogP contribution in [0.5, 0.6) is 11.5 Å². The van der Waals surface area contributed by atoms with Crippen LogP contribution in [0.15, 0.2) is 36.4 Å². The Labute approximate surface area is 122 Å². The maximum Gasteiger partial charge on any atom is 0.165 e. The first-order chi connectivity index (χ1) is 10.1. The molecule has 0 heterocycles. The van der Waals surface area contributed by atoms with Crippen LogP contribution in [-0.4, -0.2) is 21.3 Å². The maximum atomic E-state index is 14.2. The van der Waals surface area contributed by atoms with Crippen molar-refractivity contribution in [3.63, 3.8) is 0 Å². The van der Waals surface area contributed by atoms with Gasteiger partial charge in [0.15, 0.2) is 11.6 Å². The smallest absolute Gasteiger partial charge is 0.165 e. The number of hydrogen-bond acceptors (Lipinski definition) is 3. The lowest BCUT2D eigenvalue weighted by atomic mass is 9.98. The Morgan fingerprint density at radius 2 is 1.71 bits per heavy atom. The second kappa shape index (κ2) is 6.54. The Hall–Kier alpha value is -2.14. The highest BCUT2D eigenvalue weighted by Crippen LogP contribution is 2.29. The van der Waals surface area contributed by atoms with Gasteiger partial charge in [-0.2, -0.15) is 0 Å². The molecule has 0 aliphatic rings. The highest BCUT2D eigenvalue weighted by atomic mass is 19.1. The van der Waals surface area contributed by atoms with Crippen LogP contribution in [0, 0.1) is 11.6 Å². The van der Waals surface area contributed by atoms with Crippen LogP contribution < -0.4 is 14.8 Å². The molecule has 0 aliphatic carbocycles. The van der Waals surface area contributed by atoms with Crippen LogP contribution in [0.4, 0.5) is 8.78 Å². The van der Waals surface area contributed by atoms with Gasteiger partial charge in [-0.25, -0.2) is 8.78 Å². The van der Waals surface area contributed by atoms with Crippen LogP contribution >= 0.6 is 0 Å². The summed E-state index contributed by atoms with van der Waals surface area (Å²) in [6, 6.07) is 8.70. The fourth-order valence-electron chi connectivity index (χ4n) is 2.23. The molecule has 3 nitrogen and oxygen atoms in total. The first kappa shape index (κ1) is 15.3. The Morgan fingerprint density at radius 1 is 0.952 bits per heavy atom. The van der Waals surface area contributed by atoms with Crippen LogP contribution in [0.1, 0.15) is 17.2 Å². The van der Waals surface area contributed by atoms with Gasteiger partial charge < -0.3 is 14.8 Å². The van der Waals surface area contributed by atoms with Crippen molar-refractivity contribution in [1.82, 2.24) is 5.32 Å². The average Bonchev–Trinajstić information content (AvgIpc) is 2.50. The van der Waals surface area contributed by atoms with Crippen LogP contribution in [0.2, 0.25) is 0 Å². The molecule has 2 aromatic rings. The Morgan fingerprint density at radius 3 is 2.29 bits per heavy atom. The average molecular weight is 293 g/mol. The SMILES string of the molecule is CNC(c1ccc(F)c(OC)c1)c1ccc(OC)cc1F. The van der Waals surface area contributed by atoms with E-state index in [4.69, 9.17) is 9.47 Å². The van der Waals surface area contributed by atoms with Gasteiger partial charge in [0.05, 0.1) is 20.3 Å². The standard InChI is InChI=1S/C16H17F2NO2/c1-19-16(10-4-7-13(17)15(8-10)21-3)12-6-5-11(20-2)9-14(12)18/h4-9,16,19H,1-3H3. The van der Waals surface area contributed by atoms with E-state index in [-0.39, 0.29) is 5.75 Å². The third kappa shape index (κ3) is 3.13.